The fraction of sp³-hybridized carbons (Fsp3) is 0.452. The highest BCUT2D eigenvalue weighted by atomic mass is 19.3. The van der Waals surface area contributed by atoms with Crippen molar-refractivity contribution in [2.45, 2.75) is 58.0 Å². The molecule has 1 amide bonds. The molecule has 9 nitrogen and oxygen atoms in total. The highest BCUT2D eigenvalue weighted by molar-refractivity contribution is 5.81. The number of pyridine rings is 1. The van der Waals surface area contributed by atoms with Crippen LogP contribution in [0.1, 0.15) is 61.0 Å². The number of methoxy groups -OCH3 is 1. The van der Waals surface area contributed by atoms with Crippen LogP contribution in [0, 0.1) is 0 Å². The summed E-state index contributed by atoms with van der Waals surface area (Å²) in [6.07, 6.45) is 6.91. The number of ether oxygens (including phenoxy) is 1. The Hall–Kier alpha value is -3.99. The van der Waals surface area contributed by atoms with Crippen LogP contribution in [-0.2, 0) is 24.2 Å². The van der Waals surface area contributed by atoms with Crippen LogP contribution >= 0.6 is 0 Å². The van der Waals surface area contributed by atoms with Crippen molar-refractivity contribution < 1.29 is 18.3 Å². The molecule has 1 aromatic carbocycles. The molecule has 3 aliphatic heterocycles. The number of aromatic nitrogens is 4. The summed E-state index contributed by atoms with van der Waals surface area (Å²) in [7, 11) is 1.55. The molecule has 7 rings (SSSR count). The van der Waals surface area contributed by atoms with Crippen LogP contribution in [-0.4, -0.2) is 63.3 Å². The van der Waals surface area contributed by atoms with Crippen LogP contribution in [0.5, 0.6) is 5.75 Å². The molecule has 0 unspecified atom stereocenters. The maximum atomic E-state index is 14.8. The fourth-order valence-electron chi connectivity index (χ4n) is 6.86. The Kier molecular flexibility index (Phi) is 6.84. The van der Waals surface area contributed by atoms with E-state index in [1.807, 2.05) is 15.4 Å². The van der Waals surface area contributed by atoms with E-state index in [-0.39, 0.29) is 17.5 Å². The summed E-state index contributed by atoms with van der Waals surface area (Å²) in [6, 6.07) is 5.63. The second-order valence-electron chi connectivity index (χ2n) is 11.4. The van der Waals surface area contributed by atoms with Crippen molar-refractivity contribution in [3.05, 3.63) is 59.2 Å². The van der Waals surface area contributed by atoms with Crippen molar-refractivity contribution in [2.24, 2.45) is 0 Å². The molecule has 1 N–H and O–H groups in total. The normalized spacial score (nSPS) is 17.5. The molecule has 0 radical (unpaired) electrons. The van der Waals surface area contributed by atoms with Crippen molar-refractivity contribution >= 4 is 23.1 Å². The van der Waals surface area contributed by atoms with E-state index in [1.165, 1.54) is 5.69 Å². The number of anilines is 2. The van der Waals surface area contributed by atoms with Gasteiger partial charge in [-0.05, 0) is 68.1 Å². The van der Waals surface area contributed by atoms with Gasteiger partial charge in [-0.25, -0.2) is 13.8 Å². The second kappa shape index (κ2) is 10.7. The predicted molar refractivity (Wildman–Crippen MR) is 156 cm³/mol. The van der Waals surface area contributed by atoms with Gasteiger partial charge in [0.1, 0.15) is 11.4 Å². The van der Waals surface area contributed by atoms with E-state index in [1.54, 1.807) is 44.8 Å². The highest BCUT2D eigenvalue weighted by Crippen LogP contribution is 2.45. The maximum Gasteiger partial charge on any atom is 0.264 e. The lowest BCUT2D eigenvalue weighted by Gasteiger charge is -2.33. The molecule has 6 heterocycles. The molecule has 0 spiro atoms. The summed E-state index contributed by atoms with van der Waals surface area (Å²) < 4.78 is 39.3. The second-order valence-corrected chi connectivity index (χ2v) is 11.4. The number of nitrogens with one attached hydrogen (secondary N) is 1. The highest BCUT2D eigenvalue weighted by Gasteiger charge is 2.34. The first-order chi connectivity index (χ1) is 20.4. The fourth-order valence-corrected chi connectivity index (χ4v) is 6.86. The van der Waals surface area contributed by atoms with Crippen LogP contribution in [0.2, 0.25) is 0 Å². The van der Waals surface area contributed by atoms with Gasteiger partial charge in [0.15, 0.2) is 5.82 Å². The minimum Gasteiger partial charge on any atom is -0.495 e. The number of alkyl halides is 2. The van der Waals surface area contributed by atoms with Gasteiger partial charge in [0.2, 0.25) is 5.91 Å². The molecular formula is C31H35F2N7O2. The number of hydrogen-bond acceptors (Lipinski definition) is 6. The third kappa shape index (κ3) is 4.50. The van der Waals surface area contributed by atoms with Crippen LogP contribution in [0.4, 0.5) is 20.3 Å². The van der Waals surface area contributed by atoms with Crippen molar-refractivity contribution in [3.63, 3.8) is 0 Å². The summed E-state index contributed by atoms with van der Waals surface area (Å²) in [5.74, 6) is 1.34. The Labute approximate surface area is 243 Å². The van der Waals surface area contributed by atoms with E-state index in [9.17, 15) is 13.6 Å². The van der Waals surface area contributed by atoms with Gasteiger partial charge in [-0.2, -0.15) is 5.10 Å². The molecule has 0 saturated carbocycles. The monoisotopic (exact) mass is 575 g/mol. The Morgan fingerprint density at radius 1 is 1.12 bits per heavy atom. The standard InChI is InChI=1S/C31H35F2N7O2/c1-19(41)37-12-7-26-25(17-37)31(36-40(26)21-5-8-34-9-6-21)39-11-3-4-20-14-22(24(30(32)33)15-27(20)39)23-16-29-35-10-13-38(29)18-28(23)42-2/h10,13-16,18,21,30,34H,3-9,11-12,17H2,1-2H3. The summed E-state index contributed by atoms with van der Waals surface area (Å²) in [5, 5.41) is 8.63. The smallest absolute Gasteiger partial charge is 0.264 e. The van der Waals surface area contributed by atoms with Gasteiger partial charge >= 0.3 is 0 Å². The van der Waals surface area contributed by atoms with Crippen molar-refractivity contribution in [1.82, 2.24) is 29.4 Å². The number of carbonyl (C=O) groups excluding carboxylic acids is 1. The number of halogens is 2. The van der Waals surface area contributed by atoms with E-state index in [2.05, 4.69) is 19.9 Å². The largest absolute Gasteiger partial charge is 0.495 e. The minimum absolute atomic E-state index is 0.0354. The van der Waals surface area contributed by atoms with Gasteiger partial charge in [0.25, 0.3) is 6.43 Å². The summed E-state index contributed by atoms with van der Waals surface area (Å²) in [5.41, 5.74) is 5.63. The average Bonchev–Trinajstić information content (AvgIpc) is 3.63. The van der Waals surface area contributed by atoms with E-state index in [4.69, 9.17) is 9.84 Å². The molecule has 0 atom stereocenters. The molecule has 3 aliphatic rings. The lowest BCUT2D eigenvalue weighted by Crippen LogP contribution is -2.36. The lowest BCUT2D eigenvalue weighted by atomic mass is 9.91. The molecule has 11 heteroatoms. The van der Waals surface area contributed by atoms with Crippen molar-refractivity contribution in [2.75, 3.05) is 38.2 Å². The summed E-state index contributed by atoms with van der Waals surface area (Å²) in [6.45, 7) is 5.30. The number of carbonyl (C=O) groups is 1. The molecule has 42 heavy (non-hydrogen) atoms. The summed E-state index contributed by atoms with van der Waals surface area (Å²) in [4.78, 5) is 20.7. The third-order valence-electron chi connectivity index (χ3n) is 9.03. The van der Waals surface area contributed by atoms with Gasteiger partial charge in [-0.15, -0.1) is 0 Å². The number of hydrogen-bond donors (Lipinski definition) is 1. The molecule has 3 aromatic heterocycles. The lowest BCUT2D eigenvalue weighted by molar-refractivity contribution is -0.129. The van der Waals surface area contributed by atoms with Crippen molar-refractivity contribution in [1.29, 1.82) is 0 Å². The van der Waals surface area contributed by atoms with E-state index in [0.29, 0.717) is 42.2 Å². The Balaban J connectivity index is 1.36. The van der Waals surface area contributed by atoms with Gasteiger partial charge in [-0.3, -0.25) is 9.48 Å². The van der Waals surface area contributed by atoms with Gasteiger partial charge < -0.3 is 24.3 Å². The molecule has 0 bridgehead atoms. The van der Waals surface area contributed by atoms with Gasteiger partial charge in [0, 0.05) is 66.9 Å². The number of amides is 1. The van der Waals surface area contributed by atoms with Gasteiger partial charge in [-0.1, -0.05) is 0 Å². The zero-order valence-corrected chi connectivity index (χ0v) is 23.9. The van der Waals surface area contributed by atoms with Crippen LogP contribution in [0.15, 0.2) is 36.8 Å². The first-order valence-corrected chi connectivity index (χ1v) is 14.7. The van der Waals surface area contributed by atoms with E-state index in [0.717, 1.165) is 67.8 Å². The minimum atomic E-state index is -2.69. The number of rotatable bonds is 5. The van der Waals surface area contributed by atoms with E-state index >= 15 is 0 Å². The zero-order valence-electron chi connectivity index (χ0n) is 23.9. The Morgan fingerprint density at radius 3 is 2.71 bits per heavy atom. The Bertz CT molecular complexity index is 1660. The third-order valence-corrected chi connectivity index (χ3v) is 9.03. The molecular weight excluding hydrogens is 540 g/mol. The average molecular weight is 576 g/mol. The SMILES string of the molecule is COc1cn2ccnc2cc1-c1cc2c(cc1C(F)F)N(c1nn(C3CCNCC3)c3c1CN(C(C)=O)CC3)CCC2. The first kappa shape index (κ1) is 26.9. The Morgan fingerprint density at radius 2 is 1.95 bits per heavy atom. The topological polar surface area (TPSA) is 79.9 Å². The zero-order chi connectivity index (χ0) is 29.0. The summed E-state index contributed by atoms with van der Waals surface area (Å²) >= 11 is 0. The van der Waals surface area contributed by atoms with Crippen LogP contribution in [0.25, 0.3) is 16.8 Å². The maximum absolute atomic E-state index is 14.8. The van der Waals surface area contributed by atoms with Gasteiger partial charge in [0.05, 0.1) is 25.9 Å². The first-order valence-electron chi connectivity index (χ1n) is 14.7. The van der Waals surface area contributed by atoms with Crippen LogP contribution < -0.4 is 15.0 Å². The molecule has 0 aliphatic carbocycles. The number of piperidine rings is 1. The predicted octanol–water partition coefficient (Wildman–Crippen LogP) is 5.06. The van der Waals surface area contributed by atoms with Crippen molar-refractivity contribution in [3.8, 4) is 16.9 Å². The quantitative estimate of drug-likeness (QED) is 0.359. The van der Waals surface area contributed by atoms with Crippen LogP contribution in [0.3, 0.4) is 0 Å². The number of fused-ring (bicyclic) bond motifs is 3. The van der Waals surface area contributed by atoms with E-state index < -0.39 is 6.43 Å². The number of benzene rings is 1. The molecule has 1 fully saturated rings. The molecule has 1 saturated heterocycles. The number of imidazole rings is 1. The molecule has 4 aromatic rings. The number of nitrogens with zero attached hydrogens (tertiary/aromatic N) is 6. The number of aryl methyl sites for hydroxylation is 1. The molecule has 220 valence electrons.